The molecule has 4 aliphatic heterocycles. The van der Waals surface area contributed by atoms with Crippen molar-refractivity contribution in [3.05, 3.63) is 152 Å². The topological polar surface area (TPSA) is 253 Å². The normalized spacial score (nSPS) is 18.4. The third kappa shape index (κ3) is 10.7. The number of nitrogens with zero attached hydrogens (tertiary/aromatic N) is 18. The molecule has 4 aliphatic rings. The lowest BCUT2D eigenvalue weighted by molar-refractivity contribution is -0.131. The van der Waals surface area contributed by atoms with E-state index in [-0.39, 0.29) is 69.8 Å². The van der Waals surface area contributed by atoms with Crippen LogP contribution in [-0.2, 0) is 9.59 Å². The lowest BCUT2D eigenvalue weighted by Gasteiger charge is -2.51. The van der Waals surface area contributed by atoms with Gasteiger partial charge in [-0.15, -0.1) is 5.10 Å². The zero-order valence-electron chi connectivity index (χ0n) is 46.4. The molecule has 426 valence electrons. The number of anilines is 5. The molecule has 0 spiro atoms. The van der Waals surface area contributed by atoms with Gasteiger partial charge in [0, 0.05) is 99.3 Å². The number of hydrogen-bond donors (Lipinski definition) is 2. The summed E-state index contributed by atoms with van der Waals surface area (Å²) in [6.45, 7) is 17.2. The fourth-order valence-electron chi connectivity index (χ4n) is 10.8. The Balaban J connectivity index is 0.682. The number of carbonyl (C=O) groups excluding carboxylic acids is 2. The largest absolute Gasteiger partial charge is 0.457 e. The maximum absolute atomic E-state index is 16.3. The summed E-state index contributed by atoms with van der Waals surface area (Å²) in [7, 11) is 1.89. The summed E-state index contributed by atoms with van der Waals surface area (Å²) >= 11 is 0. The molecular formula is C58H56F2N20O4. The molecule has 4 atom stereocenters. The van der Waals surface area contributed by atoms with E-state index in [2.05, 4.69) is 85.7 Å². The molecule has 2 bridgehead atoms. The van der Waals surface area contributed by atoms with Gasteiger partial charge in [0.2, 0.25) is 23.7 Å². The quantitative estimate of drug-likeness (QED) is 0.0498. The van der Waals surface area contributed by atoms with Gasteiger partial charge in [0.1, 0.15) is 69.9 Å². The average molecular weight is 1140 g/mol. The first-order valence-electron chi connectivity index (χ1n) is 27.1. The standard InChI is InChI=1S/C58H56F2N20O4/c1-8-44(33(4)51(59)35(6)69-55-53-42(63-29-66-55)22-61-57(72-53)75(7)25-36-26-76(24-32(36)3)49(81)9-2)83-40-17-19-80-48(21-40)71-46(74-80)14-15-50(82)77-27-38-11-10-37(77)28-78(38)58-62-23-43-54(73-58)56(67-30-64-43)70-41-12-13-45(34(5)52(41)60)84-39-16-18-79-47(20-39)65-31-68-79/h8-9,12-23,29-32,36-38H,1-2,10-11,24-28H2,3-7H3,(H,63,66,69)(H,64,67,70)/b15-14-,44-33+,51-35-/t32-,36+,37+,38+/m0/s1. The number of fused-ring (bicyclic) bond motifs is 7. The number of carbonyl (C=O) groups is 2. The van der Waals surface area contributed by atoms with Crippen LogP contribution in [0.2, 0.25) is 0 Å². The van der Waals surface area contributed by atoms with Gasteiger partial charge in [-0.05, 0) is 87.9 Å². The monoisotopic (exact) mass is 1130 g/mol. The van der Waals surface area contributed by atoms with Gasteiger partial charge in [-0.1, -0.05) is 20.1 Å². The summed E-state index contributed by atoms with van der Waals surface area (Å²) in [4.78, 5) is 79.0. The van der Waals surface area contributed by atoms with E-state index in [1.807, 2.05) is 16.8 Å². The van der Waals surface area contributed by atoms with E-state index < -0.39 is 11.6 Å². The molecule has 2 amide bonds. The minimum Gasteiger partial charge on any atom is -0.457 e. The minimum atomic E-state index is -0.605. The van der Waals surface area contributed by atoms with Crippen LogP contribution in [0.1, 0.15) is 45.0 Å². The molecule has 4 saturated heterocycles. The Morgan fingerprint density at radius 1 is 0.810 bits per heavy atom. The molecule has 84 heavy (non-hydrogen) atoms. The molecule has 9 aromatic rings. The number of pyridine rings is 2. The van der Waals surface area contributed by atoms with E-state index in [4.69, 9.17) is 19.4 Å². The molecule has 12 heterocycles. The Kier molecular flexibility index (Phi) is 14.5. The predicted octanol–water partition coefficient (Wildman–Crippen LogP) is 7.98. The van der Waals surface area contributed by atoms with Gasteiger partial charge in [-0.3, -0.25) is 9.59 Å². The highest BCUT2D eigenvalue weighted by atomic mass is 19.1. The van der Waals surface area contributed by atoms with Gasteiger partial charge in [-0.25, -0.2) is 67.7 Å². The number of ether oxygens (including phenoxy) is 2. The van der Waals surface area contributed by atoms with Crippen LogP contribution < -0.4 is 29.9 Å². The van der Waals surface area contributed by atoms with Crippen LogP contribution in [0.3, 0.4) is 0 Å². The maximum atomic E-state index is 16.3. The van der Waals surface area contributed by atoms with Crippen LogP contribution in [-0.4, -0.2) is 143 Å². The van der Waals surface area contributed by atoms with Gasteiger partial charge >= 0.3 is 0 Å². The van der Waals surface area contributed by atoms with Crippen molar-refractivity contribution in [2.24, 2.45) is 11.8 Å². The second kappa shape index (κ2) is 22.5. The molecule has 0 unspecified atom stereocenters. The first kappa shape index (κ1) is 54.2. The number of nitrogens with one attached hydrogen (secondary N) is 2. The molecule has 1 aromatic carbocycles. The van der Waals surface area contributed by atoms with Gasteiger partial charge in [0.15, 0.2) is 34.6 Å². The second-order valence-corrected chi connectivity index (χ2v) is 20.9. The zero-order chi connectivity index (χ0) is 58.3. The van der Waals surface area contributed by atoms with Gasteiger partial charge < -0.3 is 39.7 Å². The first-order chi connectivity index (χ1) is 40.7. The van der Waals surface area contributed by atoms with Crippen molar-refractivity contribution in [2.75, 3.05) is 60.2 Å². The Labute approximate surface area is 479 Å². The fraction of sp³-hybridized carbons (Fsp3) is 0.276. The second-order valence-electron chi connectivity index (χ2n) is 20.9. The number of hydrogen-bond acceptors (Lipinski definition) is 20. The number of rotatable bonds is 17. The third-order valence-corrected chi connectivity index (χ3v) is 15.4. The lowest BCUT2D eigenvalue weighted by Crippen LogP contribution is -2.64. The van der Waals surface area contributed by atoms with Crippen molar-refractivity contribution in [1.29, 1.82) is 0 Å². The molecule has 0 saturated carbocycles. The summed E-state index contributed by atoms with van der Waals surface area (Å²) in [5.41, 5.74) is 3.52. The Morgan fingerprint density at radius 2 is 1.56 bits per heavy atom. The molecule has 24 nitrogen and oxygen atoms in total. The number of amides is 2. The van der Waals surface area contributed by atoms with Crippen LogP contribution in [0.5, 0.6) is 17.2 Å². The molecule has 26 heteroatoms. The van der Waals surface area contributed by atoms with E-state index in [9.17, 15) is 9.59 Å². The number of allylic oxidation sites excluding steroid dienone is 4. The van der Waals surface area contributed by atoms with E-state index in [1.54, 1.807) is 102 Å². The van der Waals surface area contributed by atoms with Crippen LogP contribution in [0.15, 0.2) is 134 Å². The van der Waals surface area contributed by atoms with Crippen molar-refractivity contribution in [3.63, 3.8) is 0 Å². The number of aromatic nitrogens is 14. The van der Waals surface area contributed by atoms with Gasteiger partial charge in [0.05, 0.1) is 18.1 Å². The van der Waals surface area contributed by atoms with E-state index in [0.717, 1.165) is 12.8 Å². The molecule has 4 fully saturated rings. The SMILES string of the molecule is C=CC(=O)N1C[C@@H](CN(C)c2ncc3ncnc(N/C(C)=C(F)/C(C)=C(\C=C)Oc4ccn5nc(/C=C\C(=O)N6C[C@H]7CC[C@@H]6CN7c6ncc7ncnc(Nc8ccc(Oc9ccn%10ncnc%10c9)c(C)c8F)c7n6)nc5c4)c3n2)[C@@H](C)C1. The number of piperazine rings is 1. The smallest absolute Gasteiger partial charge is 0.247 e. The number of likely N-dealkylation sites (tertiary alicyclic amines) is 1. The third-order valence-electron chi connectivity index (χ3n) is 15.4. The summed E-state index contributed by atoms with van der Waals surface area (Å²) in [6.07, 6.45) is 18.2. The Hall–Kier alpha value is -10.4. The highest BCUT2D eigenvalue weighted by Gasteiger charge is 2.42. The van der Waals surface area contributed by atoms with Gasteiger partial charge in [-0.2, -0.15) is 5.10 Å². The van der Waals surface area contributed by atoms with Crippen molar-refractivity contribution in [3.8, 4) is 17.2 Å². The molecule has 2 N–H and O–H groups in total. The summed E-state index contributed by atoms with van der Waals surface area (Å²) in [5, 5.41) is 14.8. The van der Waals surface area contributed by atoms with Crippen LogP contribution in [0, 0.1) is 24.6 Å². The van der Waals surface area contributed by atoms with Crippen molar-refractivity contribution in [2.45, 2.75) is 52.6 Å². The zero-order valence-corrected chi connectivity index (χ0v) is 46.4. The van der Waals surface area contributed by atoms with Crippen molar-refractivity contribution >= 4 is 80.5 Å². The lowest BCUT2D eigenvalue weighted by atomic mass is 9.91. The predicted molar refractivity (Wildman–Crippen MR) is 309 cm³/mol. The summed E-state index contributed by atoms with van der Waals surface area (Å²) < 4.78 is 47.6. The Bertz CT molecular complexity index is 4200. The van der Waals surface area contributed by atoms with Crippen LogP contribution >= 0.6 is 0 Å². The van der Waals surface area contributed by atoms with E-state index in [0.29, 0.717) is 107 Å². The van der Waals surface area contributed by atoms with Crippen molar-refractivity contribution in [1.82, 2.24) is 78.9 Å². The highest BCUT2D eigenvalue weighted by molar-refractivity contribution is 5.92. The molecular weight excluding hydrogens is 1080 g/mol. The number of piperidine rings is 2. The summed E-state index contributed by atoms with van der Waals surface area (Å²) in [6, 6.07) is 9.80. The summed E-state index contributed by atoms with van der Waals surface area (Å²) in [5.74, 6) is 2.14. The first-order valence-corrected chi connectivity index (χ1v) is 27.1. The average Bonchev–Trinajstić information content (AvgIpc) is 3.22. The maximum Gasteiger partial charge on any atom is 0.247 e. The van der Waals surface area contributed by atoms with Crippen molar-refractivity contribution < 1.29 is 27.8 Å². The molecule has 8 aromatic heterocycles. The number of halogens is 2. The van der Waals surface area contributed by atoms with Crippen LogP contribution in [0.4, 0.5) is 38.0 Å². The molecule has 0 aliphatic carbocycles. The Morgan fingerprint density at radius 3 is 2.35 bits per heavy atom. The molecule has 0 radical (unpaired) electrons. The number of benzene rings is 1. The minimum absolute atomic E-state index is 0.0737. The van der Waals surface area contributed by atoms with E-state index >= 15 is 8.78 Å². The van der Waals surface area contributed by atoms with E-state index in [1.165, 1.54) is 37.2 Å². The fourth-order valence-corrected chi connectivity index (χ4v) is 10.8. The molecule has 13 rings (SSSR count). The van der Waals surface area contributed by atoms with Crippen LogP contribution in [0.25, 0.3) is 39.4 Å². The van der Waals surface area contributed by atoms with Gasteiger partial charge in [0.25, 0.3) is 0 Å². The highest BCUT2D eigenvalue weighted by Crippen LogP contribution is 2.36.